The Bertz CT molecular complexity index is 279. The fourth-order valence-electron chi connectivity index (χ4n) is 2.05. The van der Waals surface area contributed by atoms with Crippen LogP contribution in [0.25, 0.3) is 0 Å². The number of carbonyl (C=O) groups excluding carboxylic acids is 1. The van der Waals surface area contributed by atoms with Gasteiger partial charge in [-0.05, 0) is 53.4 Å². The summed E-state index contributed by atoms with van der Waals surface area (Å²) in [6, 6.07) is 0.236. The van der Waals surface area contributed by atoms with E-state index in [1.54, 1.807) is 0 Å². The molecule has 2 unspecified atom stereocenters. The number of nitrogens with one attached hydrogen (secondary N) is 1. The Morgan fingerprint density at radius 3 is 2.25 bits per heavy atom. The highest BCUT2D eigenvalue weighted by Crippen LogP contribution is 2.17. The molecule has 0 amide bonds. The second-order valence-corrected chi connectivity index (χ2v) is 6.28. The summed E-state index contributed by atoms with van der Waals surface area (Å²) in [5.41, 5.74) is -0.630. The van der Waals surface area contributed by atoms with Crippen LogP contribution in [0, 0.1) is 5.92 Å². The van der Waals surface area contributed by atoms with E-state index in [0.717, 1.165) is 12.8 Å². The molecule has 0 saturated carbocycles. The molecule has 0 aliphatic rings. The lowest BCUT2D eigenvalue weighted by atomic mass is 9.95. The first-order chi connectivity index (χ1) is 9.23. The maximum absolute atomic E-state index is 12.1. The van der Waals surface area contributed by atoms with E-state index in [0.29, 0.717) is 19.1 Å². The summed E-state index contributed by atoms with van der Waals surface area (Å²) in [7, 11) is 0. The number of ether oxygens (including phenoxy) is 2. The Morgan fingerprint density at radius 2 is 1.80 bits per heavy atom. The SMILES string of the molecule is CCOC(=O)C(C)(CCCOC(C)C(C)C)NC(C)C. The fraction of sp³-hybridized carbons (Fsp3) is 0.938. The summed E-state index contributed by atoms with van der Waals surface area (Å²) in [4.78, 5) is 12.1. The van der Waals surface area contributed by atoms with Gasteiger partial charge in [-0.1, -0.05) is 13.8 Å². The van der Waals surface area contributed by atoms with Crippen LogP contribution in [0.2, 0.25) is 0 Å². The van der Waals surface area contributed by atoms with Gasteiger partial charge in [-0.15, -0.1) is 0 Å². The van der Waals surface area contributed by atoms with E-state index in [9.17, 15) is 4.79 Å². The molecule has 0 spiro atoms. The molecule has 120 valence electrons. The van der Waals surface area contributed by atoms with Gasteiger partial charge in [0, 0.05) is 12.6 Å². The molecule has 0 rings (SSSR count). The van der Waals surface area contributed by atoms with E-state index in [-0.39, 0.29) is 18.1 Å². The minimum absolute atomic E-state index is 0.175. The first-order valence-electron chi connectivity index (χ1n) is 7.79. The van der Waals surface area contributed by atoms with E-state index in [2.05, 4.69) is 26.1 Å². The van der Waals surface area contributed by atoms with Crippen molar-refractivity contribution in [2.45, 2.75) is 79.0 Å². The monoisotopic (exact) mass is 287 g/mol. The molecule has 0 bridgehead atoms. The van der Waals surface area contributed by atoms with Crippen LogP contribution >= 0.6 is 0 Å². The molecule has 0 saturated heterocycles. The second-order valence-electron chi connectivity index (χ2n) is 6.28. The molecule has 0 aromatic carbocycles. The van der Waals surface area contributed by atoms with Crippen LogP contribution < -0.4 is 5.32 Å². The molecule has 0 aliphatic heterocycles. The minimum atomic E-state index is -0.630. The summed E-state index contributed by atoms with van der Waals surface area (Å²) in [6.45, 7) is 15.3. The highest BCUT2D eigenvalue weighted by Gasteiger charge is 2.34. The zero-order valence-electron chi connectivity index (χ0n) is 14.3. The fourth-order valence-corrected chi connectivity index (χ4v) is 2.05. The molecule has 0 aromatic rings. The van der Waals surface area contributed by atoms with Gasteiger partial charge in [-0.25, -0.2) is 0 Å². The maximum atomic E-state index is 12.1. The molecule has 2 atom stereocenters. The van der Waals surface area contributed by atoms with Crippen LogP contribution in [-0.4, -0.2) is 36.9 Å². The van der Waals surface area contributed by atoms with Crippen molar-refractivity contribution in [2.24, 2.45) is 5.92 Å². The third-order valence-electron chi connectivity index (χ3n) is 3.47. The molecule has 0 radical (unpaired) electrons. The highest BCUT2D eigenvalue weighted by atomic mass is 16.5. The van der Waals surface area contributed by atoms with E-state index in [1.807, 2.05) is 27.7 Å². The highest BCUT2D eigenvalue weighted by molar-refractivity contribution is 5.80. The van der Waals surface area contributed by atoms with E-state index < -0.39 is 5.54 Å². The Hall–Kier alpha value is -0.610. The molecule has 4 heteroatoms. The summed E-state index contributed by atoms with van der Waals surface area (Å²) < 4.78 is 10.9. The number of esters is 1. The van der Waals surface area contributed by atoms with E-state index in [4.69, 9.17) is 9.47 Å². The van der Waals surface area contributed by atoms with Gasteiger partial charge in [0.25, 0.3) is 0 Å². The molecular weight excluding hydrogens is 254 g/mol. The first-order valence-corrected chi connectivity index (χ1v) is 7.79. The average molecular weight is 287 g/mol. The summed E-state index contributed by atoms with van der Waals surface area (Å²) >= 11 is 0. The van der Waals surface area contributed by atoms with Gasteiger partial charge in [0.15, 0.2) is 0 Å². The second kappa shape index (κ2) is 9.35. The summed E-state index contributed by atoms with van der Waals surface area (Å²) in [5, 5.41) is 3.32. The normalized spacial score (nSPS) is 16.2. The van der Waals surface area contributed by atoms with Gasteiger partial charge in [0.2, 0.25) is 0 Å². The predicted molar refractivity (Wildman–Crippen MR) is 82.8 cm³/mol. The average Bonchev–Trinajstić information content (AvgIpc) is 2.33. The Labute approximate surface area is 124 Å². The van der Waals surface area contributed by atoms with Gasteiger partial charge in [0.1, 0.15) is 5.54 Å². The largest absolute Gasteiger partial charge is 0.465 e. The van der Waals surface area contributed by atoms with Gasteiger partial charge in [-0.3, -0.25) is 10.1 Å². The van der Waals surface area contributed by atoms with Gasteiger partial charge >= 0.3 is 5.97 Å². The van der Waals surface area contributed by atoms with Crippen molar-refractivity contribution in [2.75, 3.05) is 13.2 Å². The lowest BCUT2D eigenvalue weighted by Crippen LogP contribution is -2.53. The number of hydrogen-bond donors (Lipinski definition) is 1. The number of carbonyl (C=O) groups is 1. The minimum Gasteiger partial charge on any atom is -0.465 e. The van der Waals surface area contributed by atoms with Crippen LogP contribution in [0.4, 0.5) is 0 Å². The Morgan fingerprint density at radius 1 is 1.20 bits per heavy atom. The van der Waals surface area contributed by atoms with Crippen molar-refractivity contribution in [1.82, 2.24) is 5.32 Å². The molecule has 20 heavy (non-hydrogen) atoms. The third-order valence-corrected chi connectivity index (χ3v) is 3.47. The summed E-state index contributed by atoms with van der Waals surface area (Å²) in [5.74, 6) is 0.339. The number of hydrogen-bond acceptors (Lipinski definition) is 4. The van der Waals surface area contributed by atoms with Crippen LogP contribution in [0.1, 0.15) is 61.3 Å². The quantitative estimate of drug-likeness (QED) is 0.495. The first kappa shape index (κ1) is 19.4. The molecule has 4 nitrogen and oxygen atoms in total. The van der Waals surface area contributed by atoms with Gasteiger partial charge in [-0.2, -0.15) is 0 Å². The molecular formula is C16H33NO3. The predicted octanol–water partition coefficient (Wildman–Crippen LogP) is 3.15. The van der Waals surface area contributed by atoms with Crippen LogP contribution in [0.15, 0.2) is 0 Å². The molecule has 0 fully saturated rings. The van der Waals surface area contributed by atoms with Crippen molar-refractivity contribution in [1.29, 1.82) is 0 Å². The van der Waals surface area contributed by atoms with Crippen molar-refractivity contribution in [3.63, 3.8) is 0 Å². The van der Waals surface area contributed by atoms with Crippen LogP contribution in [0.5, 0.6) is 0 Å². The van der Waals surface area contributed by atoms with Gasteiger partial charge < -0.3 is 9.47 Å². The van der Waals surface area contributed by atoms with Crippen molar-refractivity contribution in [3.8, 4) is 0 Å². The Kier molecular flexibility index (Phi) is 9.06. The van der Waals surface area contributed by atoms with Gasteiger partial charge in [0.05, 0.1) is 12.7 Å². The topological polar surface area (TPSA) is 47.6 Å². The van der Waals surface area contributed by atoms with Crippen LogP contribution in [0.3, 0.4) is 0 Å². The van der Waals surface area contributed by atoms with Crippen molar-refractivity contribution in [3.05, 3.63) is 0 Å². The maximum Gasteiger partial charge on any atom is 0.326 e. The standard InChI is InChI=1S/C16H33NO3/c1-8-19-15(18)16(7,17-13(4)5)10-9-11-20-14(6)12(2)3/h12-14,17H,8-11H2,1-7H3. The van der Waals surface area contributed by atoms with E-state index in [1.165, 1.54) is 0 Å². The zero-order valence-corrected chi connectivity index (χ0v) is 14.3. The zero-order chi connectivity index (χ0) is 15.8. The Balaban J connectivity index is 4.33. The smallest absolute Gasteiger partial charge is 0.326 e. The lowest BCUT2D eigenvalue weighted by Gasteiger charge is -2.31. The van der Waals surface area contributed by atoms with Crippen LogP contribution in [-0.2, 0) is 14.3 Å². The molecule has 0 aromatic heterocycles. The molecule has 1 N–H and O–H groups in total. The van der Waals surface area contributed by atoms with Crippen molar-refractivity contribution < 1.29 is 14.3 Å². The lowest BCUT2D eigenvalue weighted by molar-refractivity contribution is -0.151. The number of rotatable bonds is 10. The third kappa shape index (κ3) is 7.25. The van der Waals surface area contributed by atoms with Crippen molar-refractivity contribution >= 4 is 5.97 Å². The summed E-state index contributed by atoms with van der Waals surface area (Å²) in [6.07, 6.45) is 1.81. The molecule has 0 heterocycles. The van der Waals surface area contributed by atoms with E-state index >= 15 is 0 Å². The molecule has 0 aliphatic carbocycles.